The van der Waals surface area contributed by atoms with Gasteiger partial charge in [-0.25, -0.2) is 17.9 Å². The number of hydrogen-bond acceptors (Lipinski definition) is 7. The summed E-state index contributed by atoms with van der Waals surface area (Å²) in [5.74, 6) is 0.537. The largest absolute Gasteiger partial charge is 0.339 e. The summed E-state index contributed by atoms with van der Waals surface area (Å²) in [5.41, 5.74) is 1.19. The predicted molar refractivity (Wildman–Crippen MR) is 119 cm³/mol. The van der Waals surface area contributed by atoms with E-state index >= 15 is 0 Å². The van der Waals surface area contributed by atoms with Gasteiger partial charge in [-0.15, -0.1) is 0 Å². The van der Waals surface area contributed by atoms with Crippen molar-refractivity contribution in [1.82, 2.24) is 15.0 Å². The molecule has 3 aromatic rings. The third-order valence-electron chi connectivity index (χ3n) is 5.52. The van der Waals surface area contributed by atoms with Crippen LogP contribution in [0.15, 0.2) is 57.9 Å². The molecule has 0 radical (unpaired) electrons. The first kappa shape index (κ1) is 23.0. The molecule has 0 bridgehead atoms. The van der Waals surface area contributed by atoms with Crippen LogP contribution in [0.2, 0.25) is 0 Å². The lowest BCUT2D eigenvalue weighted by Crippen LogP contribution is -2.36. The van der Waals surface area contributed by atoms with Crippen LogP contribution in [0.5, 0.6) is 0 Å². The number of primary sulfonamides is 1. The second-order valence-corrected chi connectivity index (χ2v) is 9.53. The minimum atomic E-state index is -3.77. The van der Waals surface area contributed by atoms with Crippen molar-refractivity contribution in [3.05, 3.63) is 60.2 Å². The molecule has 4 rings (SSSR count). The molecule has 33 heavy (non-hydrogen) atoms. The number of nitrogens with two attached hydrogens (primary N) is 1. The number of benzene rings is 2. The van der Waals surface area contributed by atoms with Crippen LogP contribution in [0.1, 0.15) is 31.1 Å². The summed E-state index contributed by atoms with van der Waals surface area (Å²) in [4.78, 5) is 19.0. The lowest BCUT2D eigenvalue weighted by Gasteiger charge is -2.30. The van der Waals surface area contributed by atoms with E-state index in [4.69, 9.17) is 9.66 Å². The Morgan fingerprint density at radius 2 is 1.91 bits per heavy atom. The second-order valence-electron chi connectivity index (χ2n) is 7.97. The van der Waals surface area contributed by atoms with Crippen LogP contribution < -0.4 is 10.5 Å². The van der Waals surface area contributed by atoms with Crippen molar-refractivity contribution >= 4 is 21.6 Å². The summed E-state index contributed by atoms with van der Waals surface area (Å²) in [6.07, 6.45) is 2.13. The number of likely N-dealkylation sites (tertiary alicyclic amines) is 1. The molecule has 3 N–H and O–H groups in total. The van der Waals surface area contributed by atoms with E-state index in [0.717, 1.165) is 19.4 Å². The second kappa shape index (κ2) is 9.77. The van der Waals surface area contributed by atoms with E-state index < -0.39 is 10.0 Å². The van der Waals surface area contributed by atoms with Crippen molar-refractivity contribution in [3.8, 4) is 11.4 Å². The zero-order valence-electron chi connectivity index (χ0n) is 17.8. The maximum atomic E-state index is 13.1. The average Bonchev–Trinajstić information content (AvgIpc) is 3.29. The highest BCUT2D eigenvalue weighted by Gasteiger charge is 2.26. The molecule has 1 aromatic heterocycles. The Kier molecular flexibility index (Phi) is 6.82. The van der Waals surface area contributed by atoms with E-state index in [9.17, 15) is 17.6 Å². The molecule has 1 amide bonds. The van der Waals surface area contributed by atoms with Gasteiger partial charge in [-0.1, -0.05) is 5.16 Å². The molecule has 9 nitrogen and oxygen atoms in total. The standard InChI is InChI=1S/C22H24FN5O4S/c23-17-5-3-15(4-6-17)21-26-22(32-27-21)16-2-1-12-28(14-16)13-11-20(29)25-18-7-9-19(10-8-18)33(24,30)31/h3-10,16H,1-2,11-14H2,(H,25,29)(H2,24,30,31). The van der Waals surface area contributed by atoms with Crippen LogP contribution in [-0.4, -0.2) is 49.0 Å². The van der Waals surface area contributed by atoms with Gasteiger partial charge in [0.2, 0.25) is 27.6 Å². The molecule has 2 aromatic carbocycles. The number of rotatable bonds is 7. The third-order valence-corrected chi connectivity index (χ3v) is 6.45. The Bertz CT molecular complexity index is 1210. The number of aromatic nitrogens is 2. The first-order valence-electron chi connectivity index (χ1n) is 10.5. The van der Waals surface area contributed by atoms with E-state index in [0.29, 0.717) is 36.1 Å². The topological polar surface area (TPSA) is 131 Å². The Hall–Kier alpha value is -3.15. The summed E-state index contributed by atoms with van der Waals surface area (Å²) in [5, 5.41) is 11.9. The van der Waals surface area contributed by atoms with Gasteiger partial charge >= 0.3 is 0 Å². The van der Waals surface area contributed by atoms with Crippen molar-refractivity contribution < 1.29 is 22.1 Å². The van der Waals surface area contributed by atoms with E-state index in [2.05, 4.69) is 20.4 Å². The molecule has 0 saturated carbocycles. The predicted octanol–water partition coefficient (Wildman–Crippen LogP) is 2.73. The van der Waals surface area contributed by atoms with Crippen LogP contribution in [0.25, 0.3) is 11.4 Å². The monoisotopic (exact) mass is 473 g/mol. The zero-order chi connectivity index (χ0) is 23.4. The van der Waals surface area contributed by atoms with Crippen molar-refractivity contribution in [3.63, 3.8) is 0 Å². The first-order valence-corrected chi connectivity index (χ1v) is 12.1. The van der Waals surface area contributed by atoms with Crippen LogP contribution in [0.4, 0.5) is 10.1 Å². The molecule has 1 saturated heterocycles. The summed E-state index contributed by atoms with van der Waals surface area (Å²) in [6, 6.07) is 11.6. The highest BCUT2D eigenvalue weighted by atomic mass is 32.2. The van der Waals surface area contributed by atoms with Crippen molar-refractivity contribution in [1.29, 1.82) is 0 Å². The SMILES string of the molecule is NS(=O)(=O)c1ccc(NC(=O)CCN2CCCC(c3nc(-c4ccc(F)cc4)no3)C2)cc1. The molecule has 2 heterocycles. The quantitative estimate of drug-likeness (QED) is 0.539. The fourth-order valence-corrected chi connectivity index (χ4v) is 4.30. The van der Waals surface area contributed by atoms with E-state index in [1.54, 1.807) is 12.1 Å². The van der Waals surface area contributed by atoms with Crippen LogP contribution in [-0.2, 0) is 14.8 Å². The highest BCUT2D eigenvalue weighted by molar-refractivity contribution is 7.89. The number of amides is 1. The Balaban J connectivity index is 1.29. The number of piperidine rings is 1. The number of hydrogen-bond donors (Lipinski definition) is 2. The highest BCUT2D eigenvalue weighted by Crippen LogP contribution is 2.27. The zero-order valence-corrected chi connectivity index (χ0v) is 18.6. The van der Waals surface area contributed by atoms with Gasteiger partial charge in [0.05, 0.1) is 10.8 Å². The van der Waals surface area contributed by atoms with Gasteiger partial charge in [0, 0.05) is 30.8 Å². The van der Waals surface area contributed by atoms with Gasteiger partial charge < -0.3 is 14.7 Å². The molecule has 11 heteroatoms. The van der Waals surface area contributed by atoms with Crippen LogP contribution in [0.3, 0.4) is 0 Å². The summed E-state index contributed by atoms with van der Waals surface area (Å²) in [6.45, 7) is 2.13. The fourth-order valence-electron chi connectivity index (χ4n) is 3.79. The van der Waals surface area contributed by atoms with Crippen molar-refractivity contribution in [2.24, 2.45) is 5.14 Å². The molecule has 1 atom stereocenters. The minimum absolute atomic E-state index is 0.0107. The Labute approximate surface area is 190 Å². The van der Waals surface area contributed by atoms with Crippen LogP contribution >= 0.6 is 0 Å². The average molecular weight is 474 g/mol. The van der Waals surface area contributed by atoms with Crippen molar-refractivity contribution in [2.45, 2.75) is 30.1 Å². The van der Waals surface area contributed by atoms with E-state index in [-0.39, 0.29) is 29.0 Å². The molecule has 174 valence electrons. The molecule has 1 aliphatic heterocycles. The molecular formula is C22H24FN5O4S. The molecule has 1 unspecified atom stereocenters. The lowest BCUT2D eigenvalue weighted by molar-refractivity contribution is -0.116. The Morgan fingerprint density at radius 3 is 2.61 bits per heavy atom. The van der Waals surface area contributed by atoms with Gasteiger partial charge in [-0.05, 0) is 67.9 Å². The van der Waals surface area contributed by atoms with E-state index in [1.165, 1.54) is 36.4 Å². The van der Waals surface area contributed by atoms with Gasteiger partial charge in [-0.2, -0.15) is 4.98 Å². The number of sulfonamides is 1. The van der Waals surface area contributed by atoms with Gasteiger partial charge in [-0.3, -0.25) is 4.79 Å². The molecule has 1 aliphatic rings. The fraction of sp³-hybridized carbons (Fsp3) is 0.318. The van der Waals surface area contributed by atoms with Gasteiger partial charge in [0.1, 0.15) is 5.82 Å². The Morgan fingerprint density at radius 1 is 1.18 bits per heavy atom. The molecule has 0 spiro atoms. The third kappa shape index (κ3) is 6.01. The summed E-state index contributed by atoms with van der Waals surface area (Å²) >= 11 is 0. The van der Waals surface area contributed by atoms with Gasteiger partial charge in [0.25, 0.3) is 0 Å². The maximum Gasteiger partial charge on any atom is 0.238 e. The number of carbonyl (C=O) groups is 1. The minimum Gasteiger partial charge on any atom is -0.339 e. The number of anilines is 1. The number of carbonyl (C=O) groups excluding carboxylic acids is 1. The molecule has 1 fully saturated rings. The summed E-state index contributed by atoms with van der Waals surface area (Å²) in [7, 11) is -3.77. The smallest absolute Gasteiger partial charge is 0.238 e. The number of nitrogens with one attached hydrogen (secondary N) is 1. The van der Waals surface area contributed by atoms with Gasteiger partial charge in [0.15, 0.2) is 0 Å². The van der Waals surface area contributed by atoms with Crippen LogP contribution in [0, 0.1) is 5.82 Å². The summed E-state index contributed by atoms with van der Waals surface area (Å²) < 4.78 is 41.2. The normalized spacial score (nSPS) is 17.1. The van der Waals surface area contributed by atoms with Crippen molar-refractivity contribution in [2.75, 3.05) is 25.0 Å². The first-order chi connectivity index (χ1) is 15.8. The maximum absolute atomic E-state index is 13.1. The molecular weight excluding hydrogens is 449 g/mol. The van der Waals surface area contributed by atoms with E-state index in [1.807, 2.05) is 0 Å². The number of nitrogens with zero attached hydrogens (tertiary/aromatic N) is 3. The number of halogens is 1. The lowest BCUT2D eigenvalue weighted by atomic mass is 9.98. The molecule has 0 aliphatic carbocycles.